The molecule has 4 nitrogen and oxygen atoms in total. The van der Waals surface area contributed by atoms with Crippen molar-refractivity contribution in [3.05, 3.63) is 48.4 Å². The quantitative estimate of drug-likeness (QED) is 0.743. The number of ether oxygens (including phenoxy) is 1. The largest absolute Gasteiger partial charge is 0.493 e. The lowest BCUT2D eigenvalue weighted by atomic mass is 10.1. The fourth-order valence-corrected chi connectivity index (χ4v) is 2.22. The number of hydrogen-bond acceptors (Lipinski definition) is 4. The Bertz CT molecular complexity index is 833. The second-order valence-electron chi connectivity index (χ2n) is 5.06. The van der Waals surface area contributed by atoms with Crippen molar-refractivity contribution in [2.24, 2.45) is 0 Å². The standard InChI is InChI=1S/C17H15FN3O/c1-21(2)16-8-7-13-14(20-16)9-11(10-19-13)12-5-4-6-15(22-3)17(12)18/h4-5,7-10H,1-3H3. The Morgan fingerprint density at radius 2 is 2.00 bits per heavy atom. The molecule has 2 aromatic heterocycles. The van der Waals surface area contributed by atoms with Gasteiger partial charge in [0, 0.05) is 37.5 Å². The van der Waals surface area contributed by atoms with Crippen molar-refractivity contribution < 1.29 is 9.13 Å². The summed E-state index contributed by atoms with van der Waals surface area (Å²) in [5.41, 5.74) is 2.56. The van der Waals surface area contributed by atoms with Crippen LogP contribution in [0.25, 0.3) is 22.2 Å². The molecule has 3 aromatic rings. The first-order valence-electron chi connectivity index (χ1n) is 6.79. The van der Waals surface area contributed by atoms with Crippen LogP contribution in [0.5, 0.6) is 5.75 Å². The van der Waals surface area contributed by atoms with Crippen LogP contribution in [0.4, 0.5) is 10.2 Å². The van der Waals surface area contributed by atoms with E-state index in [1.165, 1.54) is 7.11 Å². The summed E-state index contributed by atoms with van der Waals surface area (Å²) in [7, 11) is 5.26. The lowest BCUT2D eigenvalue weighted by Gasteiger charge is -2.12. The molecule has 0 N–H and O–H groups in total. The van der Waals surface area contributed by atoms with E-state index in [0.717, 1.165) is 16.9 Å². The van der Waals surface area contributed by atoms with Gasteiger partial charge in [-0.15, -0.1) is 0 Å². The Balaban J connectivity index is 2.15. The number of halogens is 1. The summed E-state index contributed by atoms with van der Waals surface area (Å²) in [6.07, 6.45) is 1.64. The zero-order valence-electron chi connectivity index (χ0n) is 12.6. The first-order chi connectivity index (χ1) is 10.6. The Morgan fingerprint density at radius 1 is 1.18 bits per heavy atom. The van der Waals surface area contributed by atoms with Gasteiger partial charge in [-0.25, -0.2) is 9.37 Å². The lowest BCUT2D eigenvalue weighted by Crippen LogP contribution is -2.10. The number of anilines is 1. The number of aromatic nitrogens is 2. The van der Waals surface area contributed by atoms with Crippen molar-refractivity contribution in [3.63, 3.8) is 0 Å². The monoisotopic (exact) mass is 296 g/mol. The third kappa shape index (κ3) is 2.45. The predicted octanol–water partition coefficient (Wildman–Crippen LogP) is 3.31. The Hall–Kier alpha value is -2.69. The van der Waals surface area contributed by atoms with Crippen LogP contribution in [-0.4, -0.2) is 31.2 Å². The van der Waals surface area contributed by atoms with Gasteiger partial charge in [-0.2, -0.15) is 0 Å². The predicted molar refractivity (Wildman–Crippen MR) is 84.6 cm³/mol. The molecule has 22 heavy (non-hydrogen) atoms. The molecule has 0 aliphatic heterocycles. The van der Waals surface area contributed by atoms with E-state index in [9.17, 15) is 4.39 Å². The molecule has 3 rings (SSSR count). The van der Waals surface area contributed by atoms with Gasteiger partial charge in [0.25, 0.3) is 0 Å². The molecule has 0 saturated carbocycles. The molecule has 0 aliphatic rings. The summed E-state index contributed by atoms with van der Waals surface area (Å²) in [6, 6.07) is 11.6. The third-order valence-electron chi connectivity index (χ3n) is 3.40. The molecule has 0 saturated heterocycles. The van der Waals surface area contributed by atoms with Gasteiger partial charge < -0.3 is 9.64 Å². The molecule has 5 heteroatoms. The molecule has 111 valence electrons. The van der Waals surface area contributed by atoms with Gasteiger partial charge in [-0.3, -0.25) is 4.98 Å². The van der Waals surface area contributed by atoms with Gasteiger partial charge in [0.2, 0.25) is 0 Å². The minimum absolute atomic E-state index is 0.0904. The highest BCUT2D eigenvalue weighted by molar-refractivity contribution is 5.82. The second kappa shape index (κ2) is 5.60. The lowest BCUT2D eigenvalue weighted by molar-refractivity contribution is 0.386. The summed E-state index contributed by atoms with van der Waals surface area (Å²) in [5.74, 6) is 0.466. The maximum absolute atomic E-state index is 14.4. The molecule has 0 unspecified atom stereocenters. The molecule has 0 atom stereocenters. The van der Waals surface area contributed by atoms with E-state index < -0.39 is 5.82 Å². The summed E-state index contributed by atoms with van der Waals surface area (Å²) >= 11 is 0. The average Bonchev–Trinajstić information content (AvgIpc) is 2.54. The van der Waals surface area contributed by atoms with E-state index >= 15 is 0 Å². The number of pyridine rings is 2. The smallest absolute Gasteiger partial charge is 0.173 e. The highest BCUT2D eigenvalue weighted by Gasteiger charge is 2.12. The van der Waals surface area contributed by atoms with Crippen LogP contribution in [0.15, 0.2) is 36.5 Å². The van der Waals surface area contributed by atoms with E-state index in [4.69, 9.17) is 4.74 Å². The first kappa shape index (κ1) is 14.3. The summed E-state index contributed by atoms with van der Waals surface area (Å²) < 4.78 is 19.3. The van der Waals surface area contributed by atoms with Crippen LogP contribution in [-0.2, 0) is 0 Å². The maximum atomic E-state index is 14.4. The number of nitrogens with zero attached hydrogens (tertiary/aromatic N) is 3. The van der Waals surface area contributed by atoms with Crippen molar-refractivity contribution in [2.45, 2.75) is 0 Å². The number of fused-ring (bicyclic) bond motifs is 1. The molecule has 1 radical (unpaired) electrons. The van der Waals surface area contributed by atoms with Gasteiger partial charge in [0.15, 0.2) is 11.6 Å². The van der Waals surface area contributed by atoms with Crippen molar-refractivity contribution in [2.75, 3.05) is 26.1 Å². The molecular formula is C17H15FN3O. The molecule has 0 spiro atoms. The molecule has 1 aromatic carbocycles. The Morgan fingerprint density at radius 3 is 2.73 bits per heavy atom. The van der Waals surface area contributed by atoms with Crippen molar-refractivity contribution in [3.8, 4) is 16.9 Å². The molecular weight excluding hydrogens is 281 g/mol. The Kier molecular flexibility index (Phi) is 3.63. The molecule has 0 bridgehead atoms. The van der Waals surface area contributed by atoms with E-state index in [-0.39, 0.29) is 5.75 Å². The molecule has 0 amide bonds. The van der Waals surface area contributed by atoms with Gasteiger partial charge in [0.1, 0.15) is 5.82 Å². The van der Waals surface area contributed by atoms with Gasteiger partial charge in [0.05, 0.1) is 18.1 Å². The van der Waals surface area contributed by atoms with E-state index in [1.807, 2.05) is 37.2 Å². The van der Waals surface area contributed by atoms with Gasteiger partial charge in [-0.05, 0) is 24.3 Å². The number of rotatable bonds is 3. The minimum Gasteiger partial charge on any atom is -0.493 e. The van der Waals surface area contributed by atoms with Crippen molar-refractivity contribution >= 4 is 16.9 Å². The third-order valence-corrected chi connectivity index (χ3v) is 3.40. The topological polar surface area (TPSA) is 38.2 Å². The highest BCUT2D eigenvalue weighted by atomic mass is 19.1. The van der Waals surface area contributed by atoms with Crippen LogP contribution in [0.2, 0.25) is 0 Å². The van der Waals surface area contributed by atoms with Crippen molar-refractivity contribution in [1.82, 2.24) is 9.97 Å². The van der Waals surface area contributed by atoms with Gasteiger partial charge >= 0.3 is 0 Å². The minimum atomic E-state index is -0.449. The fraction of sp³-hybridized carbons (Fsp3) is 0.176. The summed E-state index contributed by atoms with van der Waals surface area (Å²) in [4.78, 5) is 10.8. The zero-order chi connectivity index (χ0) is 15.7. The van der Waals surface area contributed by atoms with E-state index in [0.29, 0.717) is 11.1 Å². The number of benzene rings is 1. The van der Waals surface area contributed by atoms with Gasteiger partial charge in [-0.1, -0.05) is 6.07 Å². The van der Waals surface area contributed by atoms with E-state index in [2.05, 4.69) is 16.0 Å². The van der Waals surface area contributed by atoms with Crippen molar-refractivity contribution in [1.29, 1.82) is 0 Å². The SMILES string of the molecule is COc1[c]ccc(-c2cnc3ccc(N(C)C)nc3c2)c1F. The Labute approximate surface area is 128 Å². The fourth-order valence-electron chi connectivity index (χ4n) is 2.22. The normalized spacial score (nSPS) is 10.7. The van der Waals surface area contributed by atoms with Crippen LogP contribution >= 0.6 is 0 Å². The maximum Gasteiger partial charge on any atom is 0.173 e. The number of methoxy groups -OCH3 is 1. The molecule has 2 heterocycles. The second-order valence-corrected chi connectivity index (χ2v) is 5.06. The van der Waals surface area contributed by atoms with Crippen LogP contribution in [0, 0.1) is 11.9 Å². The average molecular weight is 296 g/mol. The molecule has 0 fully saturated rings. The molecule has 0 aliphatic carbocycles. The highest BCUT2D eigenvalue weighted by Crippen LogP contribution is 2.29. The first-order valence-corrected chi connectivity index (χ1v) is 6.79. The zero-order valence-corrected chi connectivity index (χ0v) is 12.6. The number of hydrogen-bond donors (Lipinski definition) is 0. The van der Waals surface area contributed by atoms with Crippen LogP contribution in [0.3, 0.4) is 0 Å². The van der Waals surface area contributed by atoms with Crippen LogP contribution < -0.4 is 9.64 Å². The van der Waals surface area contributed by atoms with Crippen LogP contribution in [0.1, 0.15) is 0 Å². The summed E-state index contributed by atoms with van der Waals surface area (Å²) in [6.45, 7) is 0. The van der Waals surface area contributed by atoms with E-state index in [1.54, 1.807) is 18.3 Å². The summed E-state index contributed by atoms with van der Waals surface area (Å²) in [5, 5.41) is 0.